The molecule has 1 aromatic carbocycles. The maximum atomic E-state index is 12.1. The number of hydrogen-bond donors (Lipinski definition) is 1. The third kappa shape index (κ3) is 2.98. The summed E-state index contributed by atoms with van der Waals surface area (Å²) in [5.74, 6) is 0. The molecule has 0 aliphatic heterocycles. The Hall–Kier alpha value is -1.92. The molecule has 0 spiro atoms. The number of nitrogens with zero attached hydrogens (tertiary/aromatic N) is 3. The number of aryl methyl sites for hydroxylation is 2. The van der Waals surface area contributed by atoms with Crippen molar-refractivity contribution in [2.24, 2.45) is 0 Å². The van der Waals surface area contributed by atoms with Gasteiger partial charge in [-0.25, -0.2) is 4.98 Å². The van der Waals surface area contributed by atoms with Crippen LogP contribution in [0.3, 0.4) is 0 Å². The number of nitrogens with one attached hydrogen (secondary N) is 1. The SMILES string of the molecule is CCc1nn2c(=O)cc(CNc3cc(Cl)ccc3C)nc2s1. The molecular weight excluding hydrogens is 320 g/mol. The van der Waals surface area contributed by atoms with Crippen LogP contribution in [-0.4, -0.2) is 14.6 Å². The molecule has 0 saturated carbocycles. The Bertz CT molecular complexity index is 887. The zero-order valence-electron chi connectivity index (χ0n) is 12.3. The van der Waals surface area contributed by atoms with Crippen molar-refractivity contribution in [3.63, 3.8) is 0 Å². The fourth-order valence-electron chi connectivity index (χ4n) is 2.10. The van der Waals surface area contributed by atoms with Crippen molar-refractivity contribution >= 4 is 33.6 Å². The summed E-state index contributed by atoms with van der Waals surface area (Å²) in [6, 6.07) is 7.18. The fourth-order valence-corrected chi connectivity index (χ4v) is 3.13. The summed E-state index contributed by atoms with van der Waals surface area (Å²) in [4.78, 5) is 17.2. The smallest absolute Gasteiger partial charge is 0.275 e. The summed E-state index contributed by atoms with van der Waals surface area (Å²) in [6.07, 6.45) is 0.794. The third-order valence-corrected chi connectivity index (χ3v) is 4.59. The number of aromatic nitrogens is 3. The topological polar surface area (TPSA) is 59.3 Å². The zero-order valence-corrected chi connectivity index (χ0v) is 13.8. The minimum Gasteiger partial charge on any atom is -0.379 e. The number of halogens is 1. The van der Waals surface area contributed by atoms with E-state index < -0.39 is 0 Å². The first-order valence-electron chi connectivity index (χ1n) is 6.95. The maximum Gasteiger partial charge on any atom is 0.275 e. The average Bonchev–Trinajstić information content (AvgIpc) is 2.92. The second kappa shape index (κ2) is 6.06. The van der Waals surface area contributed by atoms with Crippen LogP contribution in [0.15, 0.2) is 29.1 Å². The van der Waals surface area contributed by atoms with Crippen LogP contribution in [0.2, 0.25) is 5.02 Å². The highest BCUT2D eigenvalue weighted by molar-refractivity contribution is 7.16. The van der Waals surface area contributed by atoms with Gasteiger partial charge in [-0.3, -0.25) is 4.79 Å². The van der Waals surface area contributed by atoms with Gasteiger partial charge < -0.3 is 5.32 Å². The minimum absolute atomic E-state index is 0.152. The molecule has 2 aromatic heterocycles. The van der Waals surface area contributed by atoms with Gasteiger partial charge in [-0.1, -0.05) is 35.9 Å². The highest BCUT2D eigenvalue weighted by Crippen LogP contribution is 2.20. The van der Waals surface area contributed by atoms with E-state index >= 15 is 0 Å². The molecule has 1 N–H and O–H groups in total. The van der Waals surface area contributed by atoms with Gasteiger partial charge in [0.25, 0.3) is 5.56 Å². The van der Waals surface area contributed by atoms with Crippen molar-refractivity contribution in [2.75, 3.05) is 5.32 Å². The molecule has 0 unspecified atom stereocenters. The first-order valence-corrected chi connectivity index (χ1v) is 8.15. The first-order chi connectivity index (χ1) is 10.6. The highest BCUT2D eigenvalue weighted by atomic mass is 35.5. The summed E-state index contributed by atoms with van der Waals surface area (Å²) in [5.41, 5.74) is 2.57. The second-order valence-corrected chi connectivity index (χ2v) is 6.42. The van der Waals surface area contributed by atoms with Gasteiger partial charge >= 0.3 is 0 Å². The molecule has 7 heteroatoms. The summed E-state index contributed by atoms with van der Waals surface area (Å²) in [5, 5.41) is 9.09. The summed E-state index contributed by atoms with van der Waals surface area (Å²) in [6.45, 7) is 4.47. The quantitative estimate of drug-likeness (QED) is 0.795. The van der Waals surface area contributed by atoms with Crippen molar-refractivity contribution in [1.82, 2.24) is 14.6 Å². The molecule has 2 heterocycles. The van der Waals surface area contributed by atoms with E-state index in [2.05, 4.69) is 15.4 Å². The van der Waals surface area contributed by atoms with Crippen LogP contribution in [-0.2, 0) is 13.0 Å². The average molecular weight is 335 g/mol. The molecule has 0 fully saturated rings. The largest absolute Gasteiger partial charge is 0.379 e. The van der Waals surface area contributed by atoms with Crippen LogP contribution >= 0.6 is 22.9 Å². The Morgan fingerprint density at radius 1 is 1.36 bits per heavy atom. The van der Waals surface area contributed by atoms with Gasteiger partial charge in [0.05, 0.1) is 12.2 Å². The number of hydrogen-bond acceptors (Lipinski definition) is 5. The molecule has 3 aromatic rings. The number of rotatable bonds is 4. The third-order valence-electron chi connectivity index (χ3n) is 3.30. The predicted octanol–water partition coefficient (Wildman–Crippen LogP) is 3.29. The highest BCUT2D eigenvalue weighted by Gasteiger charge is 2.08. The van der Waals surface area contributed by atoms with E-state index in [1.165, 1.54) is 21.9 Å². The van der Waals surface area contributed by atoms with Gasteiger partial charge in [0.15, 0.2) is 0 Å². The van der Waals surface area contributed by atoms with Crippen LogP contribution in [0.4, 0.5) is 5.69 Å². The lowest BCUT2D eigenvalue weighted by molar-refractivity contribution is 0.846. The first kappa shape index (κ1) is 15.0. The van der Waals surface area contributed by atoms with E-state index in [9.17, 15) is 4.79 Å². The Kier molecular flexibility index (Phi) is 4.13. The summed E-state index contributed by atoms with van der Waals surface area (Å²) in [7, 11) is 0. The van der Waals surface area contributed by atoms with Gasteiger partial charge in [0.2, 0.25) is 4.96 Å². The van der Waals surface area contributed by atoms with Gasteiger partial charge in [-0.05, 0) is 31.0 Å². The molecule has 0 aliphatic carbocycles. The monoisotopic (exact) mass is 334 g/mol. The molecule has 0 amide bonds. The molecule has 0 atom stereocenters. The lowest BCUT2D eigenvalue weighted by Gasteiger charge is -2.09. The molecule has 22 heavy (non-hydrogen) atoms. The van der Waals surface area contributed by atoms with Crippen LogP contribution in [0, 0.1) is 6.92 Å². The van der Waals surface area contributed by atoms with Gasteiger partial charge in [0.1, 0.15) is 5.01 Å². The molecule has 3 rings (SSSR count). The van der Waals surface area contributed by atoms with Crippen molar-refractivity contribution in [3.8, 4) is 0 Å². The predicted molar refractivity (Wildman–Crippen MR) is 90.0 cm³/mol. The molecule has 0 aliphatic rings. The number of fused-ring (bicyclic) bond motifs is 1. The van der Waals surface area contributed by atoms with Crippen LogP contribution in [0.5, 0.6) is 0 Å². The minimum atomic E-state index is -0.152. The Morgan fingerprint density at radius 3 is 2.95 bits per heavy atom. The van der Waals surface area contributed by atoms with Crippen molar-refractivity contribution in [1.29, 1.82) is 0 Å². The second-order valence-electron chi connectivity index (χ2n) is 4.94. The van der Waals surface area contributed by atoms with E-state index in [4.69, 9.17) is 11.6 Å². The normalized spacial score (nSPS) is 11.0. The Balaban J connectivity index is 1.87. The molecule has 114 valence electrons. The van der Waals surface area contributed by atoms with Crippen molar-refractivity contribution in [2.45, 2.75) is 26.8 Å². The fraction of sp³-hybridized carbons (Fsp3) is 0.267. The van der Waals surface area contributed by atoms with E-state index in [0.29, 0.717) is 22.2 Å². The Labute approximate surface area is 136 Å². The molecular formula is C15H15ClN4OS. The van der Waals surface area contributed by atoms with E-state index in [-0.39, 0.29) is 5.56 Å². The maximum absolute atomic E-state index is 12.1. The van der Waals surface area contributed by atoms with Gasteiger partial charge in [-0.2, -0.15) is 9.61 Å². The van der Waals surface area contributed by atoms with Gasteiger partial charge in [-0.15, -0.1) is 0 Å². The van der Waals surface area contributed by atoms with Gasteiger partial charge in [0, 0.05) is 16.8 Å². The standard InChI is InChI=1S/C15H15ClN4OS/c1-3-13-19-20-14(21)7-11(18-15(20)22-13)8-17-12-6-10(16)5-4-9(12)2/h4-7,17H,3,8H2,1-2H3. The molecule has 0 bridgehead atoms. The zero-order chi connectivity index (χ0) is 15.7. The number of anilines is 1. The van der Waals surface area contributed by atoms with Crippen LogP contribution in [0.25, 0.3) is 4.96 Å². The molecule has 5 nitrogen and oxygen atoms in total. The van der Waals surface area contributed by atoms with Crippen molar-refractivity contribution < 1.29 is 0 Å². The lowest BCUT2D eigenvalue weighted by atomic mass is 10.2. The Morgan fingerprint density at radius 2 is 2.18 bits per heavy atom. The van der Waals surface area contributed by atoms with Crippen LogP contribution in [0.1, 0.15) is 23.2 Å². The van der Waals surface area contributed by atoms with E-state index in [0.717, 1.165) is 22.7 Å². The summed E-state index contributed by atoms with van der Waals surface area (Å²) >= 11 is 7.45. The molecule has 0 saturated heterocycles. The lowest BCUT2D eigenvalue weighted by Crippen LogP contribution is -2.17. The summed E-state index contributed by atoms with van der Waals surface area (Å²) < 4.78 is 1.36. The van der Waals surface area contributed by atoms with E-state index in [1.807, 2.05) is 32.0 Å². The molecule has 0 radical (unpaired) electrons. The van der Waals surface area contributed by atoms with Crippen LogP contribution < -0.4 is 10.9 Å². The number of benzene rings is 1. The van der Waals surface area contributed by atoms with E-state index in [1.54, 1.807) is 0 Å². The van der Waals surface area contributed by atoms with Crippen molar-refractivity contribution in [3.05, 3.63) is 55.9 Å².